The van der Waals surface area contributed by atoms with Gasteiger partial charge in [-0.3, -0.25) is 4.98 Å². The average molecular weight is 250 g/mol. The van der Waals surface area contributed by atoms with Gasteiger partial charge in [0.2, 0.25) is 0 Å². The van der Waals surface area contributed by atoms with Crippen molar-refractivity contribution in [3.8, 4) is 0 Å². The second-order valence-electron chi connectivity index (χ2n) is 3.73. The molecule has 14 heavy (non-hydrogen) atoms. The van der Waals surface area contributed by atoms with Crippen molar-refractivity contribution in [1.82, 2.24) is 4.98 Å². The van der Waals surface area contributed by atoms with Gasteiger partial charge in [0.1, 0.15) is 0 Å². The summed E-state index contributed by atoms with van der Waals surface area (Å²) in [6.07, 6.45) is 0. The highest BCUT2D eigenvalue weighted by Crippen LogP contribution is 2.20. The standard InChI is InChI=1S/C12H12BrN/c1-8(2)11-5-3-9-7-10(13)4-6-12(9)14-11/h3-8H,1-2H3. The van der Waals surface area contributed by atoms with Gasteiger partial charge in [0, 0.05) is 15.6 Å². The first-order chi connectivity index (χ1) is 6.66. The van der Waals surface area contributed by atoms with Gasteiger partial charge in [0.25, 0.3) is 0 Å². The van der Waals surface area contributed by atoms with Crippen molar-refractivity contribution in [2.45, 2.75) is 19.8 Å². The molecule has 0 aliphatic carbocycles. The van der Waals surface area contributed by atoms with Crippen molar-refractivity contribution in [3.63, 3.8) is 0 Å². The Hall–Kier alpha value is -0.890. The Balaban J connectivity index is 2.62. The molecule has 0 unspecified atom stereocenters. The summed E-state index contributed by atoms with van der Waals surface area (Å²) in [7, 11) is 0. The Kier molecular flexibility index (Phi) is 2.55. The highest BCUT2D eigenvalue weighted by molar-refractivity contribution is 9.10. The molecule has 72 valence electrons. The molecule has 2 aromatic rings. The summed E-state index contributed by atoms with van der Waals surface area (Å²) in [4.78, 5) is 4.60. The zero-order valence-corrected chi connectivity index (χ0v) is 9.88. The minimum atomic E-state index is 0.489. The van der Waals surface area contributed by atoms with Gasteiger partial charge in [0.15, 0.2) is 0 Å². The van der Waals surface area contributed by atoms with E-state index in [4.69, 9.17) is 0 Å². The molecule has 1 heterocycles. The molecule has 0 radical (unpaired) electrons. The maximum Gasteiger partial charge on any atom is 0.0706 e. The molecule has 0 fully saturated rings. The van der Waals surface area contributed by atoms with Gasteiger partial charge in [-0.25, -0.2) is 0 Å². The van der Waals surface area contributed by atoms with E-state index in [0.717, 1.165) is 15.7 Å². The van der Waals surface area contributed by atoms with Crippen LogP contribution in [0.2, 0.25) is 0 Å². The smallest absolute Gasteiger partial charge is 0.0706 e. The maximum atomic E-state index is 4.60. The van der Waals surface area contributed by atoms with Crippen molar-refractivity contribution in [3.05, 3.63) is 40.5 Å². The van der Waals surface area contributed by atoms with E-state index in [9.17, 15) is 0 Å². The van der Waals surface area contributed by atoms with Gasteiger partial charge >= 0.3 is 0 Å². The highest BCUT2D eigenvalue weighted by Gasteiger charge is 2.02. The van der Waals surface area contributed by atoms with Crippen LogP contribution in [-0.4, -0.2) is 4.98 Å². The number of fused-ring (bicyclic) bond motifs is 1. The summed E-state index contributed by atoms with van der Waals surface area (Å²) in [6.45, 7) is 4.32. The molecule has 0 aliphatic rings. The van der Waals surface area contributed by atoms with Crippen LogP contribution in [0.4, 0.5) is 0 Å². The second kappa shape index (κ2) is 3.70. The topological polar surface area (TPSA) is 12.9 Å². The van der Waals surface area contributed by atoms with Crippen LogP contribution in [0.3, 0.4) is 0 Å². The van der Waals surface area contributed by atoms with Crippen LogP contribution in [0.1, 0.15) is 25.5 Å². The summed E-state index contributed by atoms with van der Waals surface area (Å²) in [5.41, 5.74) is 2.22. The van der Waals surface area contributed by atoms with Crippen molar-refractivity contribution in [2.24, 2.45) is 0 Å². The van der Waals surface area contributed by atoms with E-state index < -0.39 is 0 Å². The van der Waals surface area contributed by atoms with Gasteiger partial charge in [-0.1, -0.05) is 35.8 Å². The van der Waals surface area contributed by atoms with Crippen LogP contribution >= 0.6 is 15.9 Å². The zero-order valence-electron chi connectivity index (χ0n) is 8.29. The molecule has 0 atom stereocenters. The van der Waals surface area contributed by atoms with Crippen LogP contribution in [0.25, 0.3) is 10.9 Å². The van der Waals surface area contributed by atoms with E-state index >= 15 is 0 Å². The number of pyridine rings is 1. The van der Waals surface area contributed by atoms with E-state index in [1.807, 2.05) is 12.1 Å². The first kappa shape index (κ1) is 9.66. The Morgan fingerprint density at radius 3 is 2.64 bits per heavy atom. The van der Waals surface area contributed by atoms with Crippen LogP contribution < -0.4 is 0 Å². The number of benzene rings is 1. The lowest BCUT2D eigenvalue weighted by Gasteiger charge is -2.05. The number of hydrogen-bond acceptors (Lipinski definition) is 1. The first-order valence-electron chi connectivity index (χ1n) is 4.73. The van der Waals surface area contributed by atoms with Gasteiger partial charge in [0.05, 0.1) is 5.52 Å². The number of halogens is 1. The van der Waals surface area contributed by atoms with E-state index in [1.165, 1.54) is 5.39 Å². The predicted molar refractivity (Wildman–Crippen MR) is 63.5 cm³/mol. The fourth-order valence-corrected chi connectivity index (χ4v) is 1.81. The largest absolute Gasteiger partial charge is 0.253 e. The third-order valence-corrected chi connectivity index (χ3v) is 2.76. The van der Waals surface area contributed by atoms with Gasteiger partial charge in [-0.2, -0.15) is 0 Å². The molecule has 0 bridgehead atoms. The van der Waals surface area contributed by atoms with E-state index in [0.29, 0.717) is 5.92 Å². The van der Waals surface area contributed by atoms with Crippen molar-refractivity contribution in [2.75, 3.05) is 0 Å². The molecule has 0 N–H and O–H groups in total. The average Bonchev–Trinajstić information content (AvgIpc) is 2.16. The summed E-state index contributed by atoms with van der Waals surface area (Å²) < 4.78 is 1.10. The molecular weight excluding hydrogens is 238 g/mol. The highest BCUT2D eigenvalue weighted by atomic mass is 79.9. The summed E-state index contributed by atoms with van der Waals surface area (Å²) in [6, 6.07) is 10.4. The Morgan fingerprint density at radius 1 is 1.14 bits per heavy atom. The lowest BCUT2D eigenvalue weighted by molar-refractivity contribution is 0.830. The Labute approximate surface area is 92.3 Å². The number of rotatable bonds is 1. The third-order valence-electron chi connectivity index (χ3n) is 2.26. The normalized spacial score (nSPS) is 11.1. The minimum Gasteiger partial charge on any atom is -0.253 e. The number of hydrogen-bond donors (Lipinski definition) is 0. The number of aromatic nitrogens is 1. The summed E-state index contributed by atoms with van der Waals surface area (Å²) in [5, 5.41) is 1.18. The van der Waals surface area contributed by atoms with Gasteiger partial charge in [-0.05, 0) is 30.2 Å². The van der Waals surface area contributed by atoms with Crippen molar-refractivity contribution in [1.29, 1.82) is 0 Å². The van der Waals surface area contributed by atoms with Crippen molar-refractivity contribution >= 4 is 26.8 Å². The minimum absolute atomic E-state index is 0.489. The summed E-state index contributed by atoms with van der Waals surface area (Å²) in [5.74, 6) is 0.489. The zero-order chi connectivity index (χ0) is 10.1. The third kappa shape index (κ3) is 1.80. The predicted octanol–water partition coefficient (Wildman–Crippen LogP) is 4.12. The van der Waals surface area contributed by atoms with Crippen LogP contribution in [0.5, 0.6) is 0 Å². The molecule has 0 aliphatic heterocycles. The molecule has 2 heteroatoms. The number of nitrogens with zero attached hydrogens (tertiary/aromatic N) is 1. The Bertz CT molecular complexity index is 463. The molecular formula is C12H12BrN. The molecule has 1 nitrogen and oxygen atoms in total. The van der Waals surface area contributed by atoms with E-state index in [-0.39, 0.29) is 0 Å². The first-order valence-corrected chi connectivity index (χ1v) is 5.52. The van der Waals surface area contributed by atoms with Gasteiger partial charge < -0.3 is 0 Å². The molecule has 0 spiro atoms. The lowest BCUT2D eigenvalue weighted by Crippen LogP contribution is -1.92. The van der Waals surface area contributed by atoms with Crippen LogP contribution in [0.15, 0.2) is 34.8 Å². The fraction of sp³-hybridized carbons (Fsp3) is 0.250. The molecule has 1 aromatic heterocycles. The molecule has 1 aromatic carbocycles. The maximum absolute atomic E-state index is 4.60. The summed E-state index contributed by atoms with van der Waals surface area (Å²) >= 11 is 3.45. The SMILES string of the molecule is CC(C)c1ccc2cc(Br)ccc2n1. The van der Waals surface area contributed by atoms with E-state index in [2.05, 4.69) is 53.0 Å². The van der Waals surface area contributed by atoms with Crippen LogP contribution in [0, 0.1) is 0 Å². The van der Waals surface area contributed by atoms with Crippen LogP contribution in [-0.2, 0) is 0 Å². The molecule has 0 amide bonds. The Morgan fingerprint density at radius 2 is 1.93 bits per heavy atom. The second-order valence-corrected chi connectivity index (χ2v) is 4.64. The fourth-order valence-electron chi connectivity index (χ4n) is 1.43. The van der Waals surface area contributed by atoms with E-state index in [1.54, 1.807) is 0 Å². The molecule has 0 saturated carbocycles. The van der Waals surface area contributed by atoms with Gasteiger partial charge in [-0.15, -0.1) is 0 Å². The lowest BCUT2D eigenvalue weighted by atomic mass is 10.1. The quantitative estimate of drug-likeness (QED) is 0.741. The molecule has 0 saturated heterocycles. The van der Waals surface area contributed by atoms with Crippen molar-refractivity contribution < 1.29 is 0 Å². The monoisotopic (exact) mass is 249 g/mol. The molecule has 2 rings (SSSR count).